The fourth-order valence-electron chi connectivity index (χ4n) is 3.52. The summed E-state index contributed by atoms with van der Waals surface area (Å²) < 4.78 is 26.9. The van der Waals surface area contributed by atoms with Crippen molar-refractivity contribution in [3.63, 3.8) is 0 Å². The van der Waals surface area contributed by atoms with E-state index in [1.807, 2.05) is 62.4 Å². The van der Waals surface area contributed by atoms with E-state index in [2.05, 4.69) is 5.32 Å². The van der Waals surface area contributed by atoms with Gasteiger partial charge in [0.2, 0.25) is 15.9 Å². The zero-order chi connectivity index (χ0) is 20.1. The number of benzene rings is 2. The molecule has 0 atom stereocenters. The molecule has 1 fully saturated rings. The topological polar surface area (TPSA) is 66.5 Å². The van der Waals surface area contributed by atoms with Gasteiger partial charge in [-0.25, -0.2) is 12.7 Å². The maximum absolute atomic E-state index is 12.7. The Morgan fingerprint density at radius 1 is 1.04 bits per heavy atom. The zero-order valence-electron chi connectivity index (χ0n) is 16.5. The van der Waals surface area contributed by atoms with E-state index >= 15 is 0 Å². The summed E-state index contributed by atoms with van der Waals surface area (Å²) in [6.45, 7) is 5.32. The molecule has 6 heteroatoms. The van der Waals surface area contributed by atoms with E-state index in [1.54, 1.807) is 0 Å². The van der Waals surface area contributed by atoms with Crippen LogP contribution in [0.4, 0.5) is 0 Å². The Balaban J connectivity index is 1.51. The van der Waals surface area contributed by atoms with Crippen molar-refractivity contribution in [1.82, 2.24) is 9.62 Å². The van der Waals surface area contributed by atoms with Gasteiger partial charge in [-0.05, 0) is 43.4 Å². The van der Waals surface area contributed by atoms with Crippen LogP contribution in [0.5, 0.6) is 0 Å². The average Bonchev–Trinajstić information content (AvgIpc) is 2.69. The van der Waals surface area contributed by atoms with E-state index in [0.29, 0.717) is 32.5 Å². The Bertz CT molecular complexity index is 915. The highest BCUT2D eigenvalue weighted by atomic mass is 32.2. The lowest BCUT2D eigenvalue weighted by molar-refractivity contribution is -0.126. The van der Waals surface area contributed by atoms with Crippen molar-refractivity contribution in [3.05, 3.63) is 70.8 Å². The maximum atomic E-state index is 12.7. The van der Waals surface area contributed by atoms with Gasteiger partial charge in [0.25, 0.3) is 0 Å². The van der Waals surface area contributed by atoms with Gasteiger partial charge in [0.15, 0.2) is 0 Å². The third-order valence-corrected chi connectivity index (χ3v) is 7.25. The number of hydrogen-bond acceptors (Lipinski definition) is 3. The molecule has 2 aromatic rings. The molecule has 0 spiro atoms. The number of nitrogens with zero attached hydrogens (tertiary/aromatic N) is 1. The van der Waals surface area contributed by atoms with Crippen LogP contribution in [0.15, 0.2) is 48.5 Å². The maximum Gasteiger partial charge on any atom is 0.223 e. The summed E-state index contributed by atoms with van der Waals surface area (Å²) in [7, 11) is -3.36. The van der Waals surface area contributed by atoms with Crippen molar-refractivity contribution >= 4 is 15.9 Å². The SMILES string of the molecule is Cc1ccc(CS(=O)(=O)N2CCC(C(=O)NCc3ccccc3C)CC2)cc1. The lowest BCUT2D eigenvalue weighted by Gasteiger charge is -2.30. The van der Waals surface area contributed by atoms with Crippen LogP contribution < -0.4 is 5.32 Å². The van der Waals surface area contributed by atoms with Crippen molar-refractivity contribution in [1.29, 1.82) is 0 Å². The highest BCUT2D eigenvalue weighted by molar-refractivity contribution is 7.88. The molecule has 28 heavy (non-hydrogen) atoms. The highest BCUT2D eigenvalue weighted by Crippen LogP contribution is 2.22. The molecule has 1 heterocycles. The first-order chi connectivity index (χ1) is 13.3. The Hall–Kier alpha value is -2.18. The largest absolute Gasteiger partial charge is 0.352 e. The molecule has 1 aliphatic rings. The Morgan fingerprint density at radius 3 is 2.32 bits per heavy atom. The quantitative estimate of drug-likeness (QED) is 0.810. The smallest absolute Gasteiger partial charge is 0.223 e. The van der Waals surface area contributed by atoms with Crippen LogP contribution in [-0.4, -0.2) is 31.7 Å². The van der Waals surface area contributed by atoms with E-state index in [9.17, 15) is 13.2 Å². The number of carbonyl (C=O) groups excluding carboxylic acids is 1. The van der Waals surface area contributed by atoms with Gasteiger partial charge >= 0.3 is 0 Å². The van der Waals surface area contributed by atoms with Crippen molar-refractivity contribution in [3.8, 4) is 0 Å². The number of rotatable bonds is 6. The van der Waals surface area contributed by atoms with Gasteiger partial charge in [-0.1, -0.05) is 54.1 Å². The first kappa shape index (κ1) is 20.6. The van der Waals surface area contributed by atoms with Crippen LogP contribution in [0.1, 0.15) is 35.1 Å². The van der Waals surface area contributed by atoms with Crippen LogP contribution in [0, 0.1) is 19.8 Å². The fraction of sp³-hybridized carbons (Fsp3) is 0.409. The molecule has 1 amide bonds. The van der Waals surface area contributed by atoms with Gasteiger partial charge in [-0.2, -0.15) is 0 Å². The molecule has 0 radical (unpaired) electrons. The summed E-state index contributed by atoms with van der Waals surface area (Å²) in [5.41, 5.74) is 4.16. The second kappa shape index (κ2) is 8.88. The van der Waals surface area contributed by atoms with Crippen LogP contribution in [-0.2, 0) is 27.1 Å². The molecule has 0 saturated carbocycles. The third-order valence-electron chi connectivity index (χ3n) is 5.40. The average molecular weight is 401 g/mol. The van der Waals surface area contributed by atoms with Crippen molar-refractivity contribution < 1.29 is 13.2 Å². The minimum absolute atomic E-state index is 0.0113. The normalized spacial score (nSPS) is 16.1. The van der Waals surface area contributed by atoms with E-state index in [1.165, 1.54) is 4.31 Å². The van der Waals surface area contributed by atoms with Crippen LogP contribution in [0.3, 0.4) is 0 Å². The molecular formula is C22H28N2O3S. The number of piperidine rings is 1. The number of aryl methyl sites for hydroxylation is 2. The highest BCUT2D eigenvalue weighted by Gasteiger charge is 2.31. The van der Waals surface area contributed by atoms with Gasteiger partial charge in [0.05, 0.1) is 5.75 Å². The van der Waals surface area contributed by atoms with E-state index in [4.69, 9.17) is 0 Å². The predicted molar refractivity (Wildman–Crippen MR) is 111 cm³/mol. The summed E-state index contributed by atoms with van der Waals surface area (Å²) >= 11 is 0. The van der Waals surface area contributed by atoms with Gasteiger partial charge < -0.3 is 5.32 Å². The second-order valence-corrected chi connectivity index (χ2v) is 9.53. The molecule has 0 bridgehead atoms. The third kappa shape index (κ3) is 5.20. The first-order valence-electron chi connectivity index (χ1n) is 9.71. The lowest BCUT2D eigenvalue weighted by Crippen LogP contribution is -2.43. The molecule has 0 aromatic heterocycles. The summed E-state index contributed by atoms with van der Waals surface area (Å²) in [5, 5.41) is 3.00. The fourth-order valence-corrected chi connectivity index (χ4v) is 5.08. The number of sulfonamides is 1. The standard InChI is InChI=1S/C22H28N2O3S/c1-17-7-9-19(10-8-17)16-28(26,27)24-13-11-20(12-14-24)22(25)23-15-21-6-4-3-5-18(21)2/h3-10,20H,11-16H2,1-2H3,(H,23,25). The van der Waals surface area contributed by atoms with Crippen LogP contribution in [0.25, 0.3) is 0 Å². The van der Waals surface area contributed by atoms with Gasteiger partial charge in [-0.15, -0.1) is 0 Å². The molecule has 3 rings (SSSR count). The Morgan fingerprint density at radius 2 is 1.68 bits per heavy atom. The zero-order valence-corrected chi connectivity index (χ0v) is 17.3. The summed E-state index contributed by atoms with van der Waals surface area (Å²) in [6, 6.07) is 15.6. The predicted octanol–water partition coefficient (Wildman–Crippen LogP) is 3.16. The van der Waals surface area contributed by atoms with Gasteiger partial charge in [0, 0.05) is 25.6 Å². The number of amides is 1. The Kier molecular flexibility index (Phi) is 6.52. The van der Waals surface area contributed by atoms with Gasteiger partial charge in [-0.3, -0.25) is 4.79 Å². The summed E-state index contributed by atoms with van der Waals surface area (Å²) in [5.74, 6) is -0.106. The minimum atomic E-state index is -3.36. The summed E-state index contributed by atoms with van der Waals surface area (Å²) in [6.07, 6.45) is 1.12. The van der Waals surface area contributed by atoms with Gasteiger partial charge in [0.1, 0.15) is 0 Å². The second-order valence-electron chi connectivity index (χ2n) is 7.56. The van der Waals surface area contributed by atoms with Crippen molar-refractivity contribution in [2.45, 2.75) is 39.0 Å². The van der Waals surface area contributed by atoms with Crippen LogP contribution in [0.2, 0.25) is 0 Å². The molecule has 1 aliphatic heterocycles. The van der Waals surface area contributed by atoms with E-state index < -0.39 is 10.0 Å². The molecule has 1 N–H and O–H groups in total. The summed E-state index contributed by atoms with van der Waals surface area (Å²) in [4.78, 5) is 12.5. The molecule has 150 valence electrons. The van der Waals surface area contributed by atoms with E-state index in [-0.39, 0.29) is 17.6 Å². The Labute approximate surface area is 167 Å². The van der Waals surface area contributed by atoms with Crippen LogP contribution >= 0.6 is 0 Å². The molecule has 5 nitrogen and oxygen atoms in total. The minimum Gasteiger partial charge on any atom is -0.352 e. The van der Waals surface area contributed by atoms with Crippen molar-refractivity contribution in [2.24, 2.45) is 5.92 Å². The number of nitrogens with one attached hydrogen (secondary N) is 1. The van der Waals surface area contributed by atoms with E-state index in [0.717, 1.165) is 22.3 Å². The lowest BCUT2D eigenvalue weighted by atomic mass is 9.97. The number of carbonyl (C=O) groups is 1. The molecule has 0 aliphatic carbocycles. The monoisotopic (exact) mass is 400 g/mol. The van der Waals surface area contributed by atoms with Crippen molar-refractivity contribution in [2.75, 3.05) is 13.1 Å². The number of hydrogen-bond donors (Lipinski definition) is 1. The molecule has 1 saturated heterocycles. The first-order valence-corrected chi connectivity index (χ1v) is 11.3. The molecule has 2 aromatic carbocycles. The molecular weight excluding hydrogens is 372 g/mol. The molecule has 0 unspecified atom stereocenters.